The van der Waals surface area contributed by atoms with E-state index in [-0.39, 0.29) is 12.2 Å². The lowest BCUT2D eigenvalue weighted by Crippen LogP contribution is -2.59. The van der Waals surface area contributed by atoms with E-state index in [4.69, 9.17) is 31.3 Å². The molecular formula is C19H48O7Si4. The molecule has 0 aliphatic heterocycles. The second kappa shape index (κ2) is 13.3. The highest BCUT2D eigenvalue weighted by atomic mass is 28.5. The minimum absolute atomic E-state index is 0.00672. The molecule has 0 fully saturated rings. The lowest BCUT2D eigenvalue weighted by atomic mass is 10.4. The molecule has 0 spiro atoms. The SMILES string of the molecule is COC(C)COCC(C)OCCOC[Si](C)(O[Si](C)(C)C)O[Si](C)(C)O[Si](C)(C)C. The van der Waals surface area contributed by atoms with Crippen LogP contribution in [0.5, 0.6) is 0 Å². The molecule has 3 unspecified atom stereocenters. The van der Waals surface area contributed by atoms with Crippen molar-refractivity contribution >= 4 is 33.8 Å². The molecule has 0 aromatic heterocycles. The number of hydrogen-bond donors (Lipinski definition) is 0. The van der Waals surface area contributed by atoms with Crippen LogP contribution in [0.15, 0.2) is 0 Å². The second-order valence-corrected chi connectivity index (χ2v) is 26.6. The Morgan fingerprint density at radius 3 is 1.67 bits per heavy atom. The first-order valence-corrected chi connectivity index (χ1v) is 23.0. The zero-order valence-electron chi connectivity index (χ0n) is 21.5. The van der Waals surface area contributed by atoms with Crippen molar-refractivity contribution in [3.8, 4) is 0 Å². The quantitative estimate of drug-likeness (QED) is 0.215. The highest BCUT2D eigenvalue weighted by Crippen LogP contribution is 2.24. The molecule has 11 heteroatoms. The zero-order valence-corrected chi connectivity index (χ0v) is 25.5. The van der Waals surface area contributed by atoms with Crippen LogP contribution in [0.1, 0.15) is 13.8 Å². The molecule has 0 rings (SSSR count). The summed E-state index contributed by atoms with van der Waals surface area (Å²) in [7, 11) is -6.64. The van der Waals surface area contributed by atoms with E-state index in [0.29, 0.717) is 32.7 Å². The number of ether oxygens (including phenoxy) is 4. The van der Waals surface area contributed by atoms with Gasteiger partial charge >= 0.3 is 17.1 Å². The predicted molar refractivity (Wildman–Crippen MR) is 133 cm³/mol. The monoisotopic (exact) mass is 500 g/mol. The smallest absolute Gasteiger partial charge is 0.342 e. The van der Waals surface area contributed by atoms with E-state index in [1.165, 1.54) is 0 Å². The van der Waals surface area contributed by atoms with Crippen molar-refractivity contribution in [1.82, 2.24) is 0 Å². The summed E-state index contributed by atoms with van der Waals surface area (Å²) in [5, 5.41) is 0. The molecule has 0 heterocycles. The van der Waals surface area contributed by atoms with Crippen LogP contribution in [0.4, 0.5) is 0 Å². The molecule has 0 radical (unpaired) electrons. The normalized spacial score (nSPS) is 17.6. The van der Waals surface area contributed by atoms with Crippen molar-refractivity contribution in [2.24, 2.45) is 0 Å². The third kappa shape index (κ3) is 17.2. The Bertz CT molecular complexity index is 469. The third-order valence-electron chi connectivity index (χ3n) is 3.64. The largest absolute Gasteiger partial charge is 0.437 e. The van der Waals surface area contributed by atoms with Crippen molar-refractivity contribution < 1.29 is 31.3 Å². The maximum Gasteiger partial charge on any atom is 0.342 e. The molecule has 182 valence electrons. The topological polar surface area (TPSA) is 64.6 Å². The van der Waals surface area contributed by atoms with Gasteiger partial charge in [0.25, 0.3) is 0 Å². The Kier molecular flexibility index (Phi) is 13.6. The van der Waals surface area contributed by atoms with E-state index in [2.05, 4.69) is 58.9 Å². The van der Waals surface area contributed by atoms with E-state index in [1.54, 1.807) is 7.11 Å². The van der Waals surface area contributed by atoms with Gasteiger partial charge < -0.3 is 31.3 Å². The van der Waals surface area contributed by atoms with Crippen LogP contribution in [0.2, 0.25) is 58.9 Å². The lowest BCUT2D eigenvalue weighted by Gasteiger charge is -2.41. The minimum Gasteiger partial charge on any atom is -0.437 e. The Morgan fingerprint density at radius 2 is 1.17 bits per heavy atom. The van der Waals surface area contributed by atoms with Gasteiger partial charge in [0.2, 0.25) is 0 Å². The van der Waals surface area contributed by atoms with Gasteiger partial charge in [-0.1, -0.05) is 0 Å². The van der Waals surface area contributed by atoms with E-state index >= 15 is 0 Å². The molecule has 30 heavy (non-hydrogen) atoms. The molecule has 7 nitrogen and oxygen atoms in total. The predicted octanol–water partition coefficient (Wildman–Crippen LogP) is 4.49. The van der Waals surface area contributed by atoms with E-state index in [0.717, 1.165) is 0 Å². The van der Waals surface area contributed by atoms with Gasteiger partial charge in [0, 0.05) is 7.11 Å². The second-order valence-electron chi connectivity index (χ2n) is 10.4. The maximum absolute atomic E-state index is 6.60. The van der Waals surface area contributed by atoms with Crippen molar-refractivity contribution in [2.45, 2.75) is 85.0 Å². The fraction of sp³-hybridized carbons (Fsp3) is 1.00. The van der Waals surface area contributed by atoms with Crippen LogP contribution in [-0.2, 0) is 31.3 Å². The average molecular weight is 501 g/mol. The Morgan fingerprint density at radius 1 is 0.633 bits per heavy atom. The summed E-state index contributed by atoms with van der Waals surface area (Å²) >= 11 is 0. The van der Waals surface area contributed by atoms with Gasteiger partial charge in [-0.3, -0.25) is 0 Å². The summed E-state index contributed by atoms with van der Waals surface area (Å²) in [6, 6.07) is 0. The van der Waals surface area contributed by atoms with Gasteiger partial charge in [0.05, 0.1) is 44.9 Å². The number of methoxy groups -OCH3 is 1. The van der Waals surface area contributed by atoms with Crippen LogP contribution in [0.25, 0.3) is 0 Å². The van der Waals surface area contributed by atoms with Crippen molar-refractivity contribution in [1.29, 1.82) is 0 Å². The molecular weight excluding hydrogens is 453 g/mol. The molecule has 0 N–H and O–H groups in total. The summed E-state index contributed by atoms with van der Waals surface area (Å²) in [6.45, 7) is 25.5. The van der Waals surface area contributed by atoms with Crippen molar-refractivity contribution in [2.75, 3.05) is 39.8 Å². The fourth-order valence-electron chi connectivity index (χ4n) is 3.09. The number of hydrogen-bond acceptors (Lipinski definition) is 7. The standard InChI is InChI=1S/C19H48O7Si4/c1-18(20-3)15-22-16-19(2)23-14-13-21-17-30(12,25-28(7,8)9)26-29(10,11)24-27(4,5)6/h18-19H,13-17H2,1-12H3. The van der Waals surface area contributed by atoms with Crippen LogP contribution in [0.3, 0.4) is 0 Å². The molecule has 0 aromatic rings. The van der Waals surface area contributed by atoms with Crippen LogP contribution in [-0.4, -0.2) is 85.7 Å². The zero-order chi connectivity index (χ0) is 23.6. The van der Waals surface area contributed by atoms with Crippen molar-refractivity contribution in [3.63, 3.8) is 0 Å². The first-order chi connectivity index (χ1) is 13.5. The van der Waals surface area contributed by atoms with Gasteiger partial charge in [-0.25, -0.2) is 0 Å². The maximum atomic E-state index is 6.60. The highest BCUT2D eigenvalue weighted by molar-refractivity contribution is 6.89. The van der Waals surface area contributed by atoms with E-state index < -0.39 is 33.8 Å². The first-order valence-electron chi connectivity index (χ1n) is 10.9. The minimum atomic E-state index is -2.53. The van der Waals surface area contributed by atoms with Gasteiger partial charge in [0.15, 0.2) is 16.6 Å². The Hall–Kier alpha value is 0.588. The molecule has 0 aliphatic carbocycles. The van der Waals surface area contributed by atoms with Gasteiger partial charge in [-0.15, -0.1) is 0 Å². The highest BCUT2D eigenvalue weighted by Gasteiger charge is 2.44. The molecule has 0 saturated carbocycles. The van der Waals surface area contributed by atoms with Gasteiger partial charge in [0.1, 0.15) is 0 Å². The Labute approximate surface area is 189 Å². The van der Waals surface area contributed by atoms with E-state index in [1.807, 2.05) is 13.8 Å². The lowest BCUT2D eigenvalue weighted by molar-refractivity contribution is -0.0478. The molecule has 0 aromatic carbocycles. The molecule has 0 amide bonds. The van der Waals surface area contributed by atoms with Crippen molar-refractivity contribution in [3.05, 3.63) is 0 Å². The van der Waals surface area contributed by atoms with Crippen LogP contribution < -0.4 is 0 Å². The van der Waals surface area contributed by atoms with Crippen LogP contribution >= 0.6 is 0 Å². The molecule has 0 aliphatic rings. The van der Waals surface area contributed by atoms with Gasteiger partial charge in [-0.05, 0) is 72.8 Å². The Balaban J connectivity index is 4.53. The molecule has 0 saturated heterocycles. The summed E-state index contributed by atoms with van der Waals surface area (Å²) in [4.78, 5) is 0. The summed E-state index contributed by atoms with van der Waals surface area (Å²) < 4.78 is 42.0. The van der Waals surface area contributed by atoms with E-state index in [9.17, 15) is 0 Å². The van der Waals surface area contributed by atoms with Crippen LogP contribution in [0, 0.1) is 0 Å². The third-order valence-corrected chi connectivity index (χ3v) is 16.7. The van der Waals surface area contributed by atoms with Gasteiger partial charge in [-0.2, -0.15) is 0 Å². The summed E-state index contributed by atoms with van der Waals surface area (Å²) in [5.74, 6) is 0. The summed E-state index contributed by atoms with van der Waals surface area (Å²) in [6.07, 6.45) is 0.571. The molecule has 3 atom stereocenters. The average Bonchev–Trinajstić information content (AvgIpc) is 2.49. The number of rotatable bonds is 17. The fourth-order valence-corrected chi connectivity index (χ4v) is 20.4. The summed E-state index contributed by atoms with van der Waals surface area (Å²) in [5.41, 5.74) is 0. The molecule has 0 bridgehead atoms. The first kappa shape index (κ1) is 30.6.